The summed E-state index contributed by atoms with van der Waals surface area (Å²) in [5.74, 6) is 0.0654. The fourth-order valence-electron chi connectivity index (χ4n) is 6.01. The van der Waals surface area contributed by atoms with E-state index < -0.39 is 12.0 Å². The van der Waals surface area contributed by atoms with Gasteiger partial charge in [-0.25, -0.2) is 4.98 Å². The summed E-state index contributed by atoms with van der Waals surface area (Å²) < 4.78 is 0. The van der Waals surface area contributed by atoms with Crippen LogP contribution in [0.2, 0.25) is 0 Å². The van der Waals surface area contributed by atoms with Crippen LogP contribution in [0.15, 0.2) is 12.1 Å². The van der Waals surface area contributed by atoms with Crippen molar-refractivity contribution >= 4 is 17.7 Å². The van der Waals surface area contributed by atoms with Crippen molar-refractivity contribution in [2.45, 2.75) is 83.6 Å². The molecule has 200 valence electrons. The van der Waals surface area contributed by atoms with Crippen LogP contribution in [-0.2, 0) is 22.4 Å². The van der Waals surface area contributed by atoms with E-state index in [2.05, 4.69) is 39.9 Å². The number of piperidine rings is 1. The van der Waals surface area contributed by atoms with Gasteiger partial charge in [-0.1, -0.05) is 32.3 Å². The van der Waals surface area contributed by atoms with Crippen LogP contribution in [0.1, 0.15) is 76.0 Å². The predicted molar refractivity (Wildman–Crippen MR) is 142 cm³/mol. The Morgan fingerprint density at radius 2 is 2.06 bits per heavy atom. The van der Waals surface area contributed by atoms with E-state index in [0.717, 1.165) is 82.6 Å². The SMILES string of the molecule is CC1(CNC(CNC(=O)[C@@H]2CCCN(CCCc3ccc4c(n3)NCCC4)C2)C(=O)O)CCCCC1. The highest BCUT2D eigenvalue weighted by Crippen LogP contribution is 2.35. The molecular weight excluding hydrogens is 454 g/mol. The van der Waals surface area contributed by atoms with Gasteiger partial charge < -0.3 is 26.0 Å². The zero-order valence-corrected chi connectivity index (χ0v) is 22.0. The molecule has 4 rings (SSSR count). The molecule has 2 fully saturated rings. The molecular formula is C28H45N5O3. The molecule has 8 heteroatoms. The quantitative estimate of drug-likeness (QED) is 0.370. The summed E-state index contributed by atoms with van der Waals surface area (Å²) in [7, 11) is 0. The molecule has 3 aliphatic rings. The Hall–Kier alpha value is -2.19. The van der Waals surface area contributed by atoms with Crippen molar-refractivity contribution in [1.29, 1.82) is 0 Å². The predicted octanol–water partition coefficient (Wildman–Crippen LogP) is 3.21. The number of fused-ring (bicyclic) bond motifs is 1. The van der Waals surface area contributed by atoms with E-state index in [4.69, 9.17) is 4.98 Å². The van der Waals surface area contributed by atoms with E-state index in [0.29, 0.717) is 6.54 Å². The van der Waals surface area contributed by atoms with Crippen molar-refractivity contribution in [3.05, 3.63) is 23.4 Å². The summed E-state index contributed by atoms with van der Waals surface area (Å²) in [4.78, 5) is 31.9. The number of carboxylic acids is 1. The van der Waals surface area contributed by atoms with E-state index in [9.17, 15) is 14.7 Å². The third-order valence-corrected chi connectivity index (χ3v) is 8.35. The van der Waals surface area contributed by atoms with Gasteiger partial charge in [0.2, 0.25) is 5.91 Å². The lowest BCUT2D eigenvalue weighted by atomic mass is 9.75. The van der Waals surface area contributed by atoms with Crippen LogP contribution < -0.4 is 16.0 Å². The highest BCUT2D eigenvalue weighted by molar-refractivity contribution is 5.80. The second kappa shape index (κ2) is 12.9. The number of hydrogen-bond donors (Lipinski definition) is 4. The molecule has 36 heavy (non-hydrogen) atoms. The minimum absolute atomic E-state index is 0.0148. The topological polar surface area (TPSA) is 107 Å². The molecule has 0 radical (unpaired) electrons. The van der Waals surface area contributed by atoms with Crippen LogP contribution in [0, 0.1) is 11.3 Å². The number of hydrogen-bond acceptors (Lipinski definition) is 6. The van der Waals surface area contributed by atoms with Gasteiger partial charge in [-0.3, -0.25) is 9.59 Å². The Labute approximate surface area is 216 Å². The van der Waals surface area contributed by atoms with Gasteiger partial charge >= 0.3 is 5.97 Å². The summed E-state index contributed by atoms with van der Waals surface area (Å²) in [6.07, 6.45) is 12.1. The van der Waals surface area contributed by atoms with Gasteiger partial charge in [0.25, 0.3) is 0 Å². The van der Waals surface area contributed by atoms with Crippen molar-refractivity contribution in [1.82, 2.24) is 20.5 Å². The van der Waals surface area contributed by atoms with Gasteiger partial charge in [0, 0.05) is 31.9 Å². The van der Waals surface area contributed by atoms with Gasteiger partial charge in [0.1, 0.15) is 11.9 Å². The normalized spacial score (nSPS) is 22.8. The monoisotopic (exact) mass is 499 g/mol. The van der Waals surface area contributed by atoms with Crippen LogP contribution in [0.25, 0.3) is 0 Å². The maximum Gasteiger partial charge on any atom is 0.322 e. The molecule has 2 atom stereocenters. The molecule has 8 nitrogen and oxygen atoms in total. The van der Waals surface area contributed by atoms with Gasteiger partial charge in [-0.05, 0) is 81.5 Å². The Bertz CT molecular complexity index is 886. The largest absolute Gasteiger partial charge is 0.480 e. The summed E-state index contributed by atoms with van der Waals surface area (Å²) in [5, 5.41) is 19.2. The van der Waals surface area contributed by atoms with Crippen molar-refractivity contribution in [2.75, 3.05) is 44.6 Å². The number of likely N-dealkylation sites (tertiary alicyclic amines) is 1. The first kappa shape index (κ1) is 26.9. The first-order valence-electron chi connectivity index (χ1n) is 14.1. The molecule has 1 amide bonds. The number of aryl methyl sites for hydroxylation is 2. The summed E-state index contributed by atoms with van der Waals surface area (Å²) >= 11 is 0. The lowest BCUT2D eigenvalue weighted by molar-refractivity contribution is -0.139. The highest BCUT2D eigenvalue weighted by atomic mass is 16.4. The van der Waals surface area contributed by atoms with Gasteiger partial charge in [0.15, 0.2) is 0 Å². The van der Waals surface area contributed by atoms with Gasteiger partial charge in [-0.2, -0.15) is 0 Å². The third-order valence-electron chi connectivity index (χ3n) is 8.35. The third kappa shape index (κ3) is 7.65. The maximum atomic E-state index is 12.9. The number of nitrogens with zero attached hydrogens (tertiary/aromatic N) is 2. The van der Waals surface area contributed by atoms with Crippen LogP contribution in [-0.4, -0.2) is 72.2 Å². The standard InChI is InChI=1S/C28H45N5O3/c1-28(13-3-2-4-14-28)20-31-24(27(35)36)18-30-26(34)22-9-6-16-33(19-22)17-7-10-23-12-11-21-8-5-15-29-25(21)32-23/h11-12,22,24,31H,2-10,13-20H2,1H3,(H,29,32)(H,30,34)(H,35,36)/t22-,24?/m1/s1. The molecule has 0 spiro atoms. The fourth-order valence-corrected chi connectivity index (χ4v) is 6.01. The maximum absolute atomic E-state index is 12.9. The molecule has 1 aromatic rings. The molecule has 3 heterocycles. The average Bonchev–Trinajstić information content (AvgIpc) is 2.89. The number of pyridine rings is 1. The lowest BCUT2D eigenvalue weighted by Crippen LogP contribution is -2.51. The van der Waals surface area contributed by atoms with Gasteiger partial charge in [-0.15, -0.1) is 0 Å². The van der Waals surface area contributed by atoms with Crippen molar-refractivity contribution < 1.29 is 14.7 Å². The molecule has 1 aliphatic carbocycles. The van der Waals surface area contributed by atoms with E-state index in [1.165, 1.54) is 31.2 Å². The Morgan fingerprint density at radius 1 is 1.22 bits per heavy atom. The highest BCUT2D eigenvalue weighted by Gasteiger charge is 2.30. The van der Waals surface area contributed by atoms with E-state index in [1.807, 2.05) is 0 Å². The Morgan fingerprint density at radius 3 is 2.86 bits per heavy atom. The van der Waals surface area contributed by atoms with E-state index in [1.54, 1.807) is 0 Å². The first-order valence-corrected chi connectivity index (χ1v) is 14.1. The molecule has 1 saturated heterocycles. The smallest absolute Gasteiger partial charge is 0.322 e. The zero-order chi connectivity index (χ0) is 25.4. The number of carbonyl (C=O) groups is 2. The van der Waals surface area contributed by atoms with E-state index >= 15 is 0 Å². The lowest BCUT2D eigenvalue weighted by Gasteiger charge is -2.35. The second-order valence-corrected chi connectivity index (χ2v) is 11.5. The first-order chi connectivity index (χ1) is 17.4. The Balaban J connectivity index is 1.18. The zero-order valence-electron chi connectivity index (χ0n) is 22.0. The Kier molecular flexibility index (Phi) is 9.60. The number of anilines is 1. The summed E-state index contributed by atoms with van der Waals surface area (Å²) in [5.41, 5.74) is 2.60. The molecule has 1 unspecified atom stereocenters. The number of aliphatic carboxylic acids is 1. The number of nitrogens with one attached hydrogen (secondary N) is 3. The molecule has 4 N–H and O–H groups in total. The van der Waals surface area contributed by atoms with Crippen molar-refractivity contribution in [3.8, 4) is 0 Å². The van der Waals surface area contributed by atoms with Crippen LogP contribution in [0.5, 0.6) is 0 Å². The molecule has 0 bridgehead atoms. The molecule has 0 aromatic carbocycles. The number of carboxylic acid groups (broad SMARTS) is 1. The fraction of sp³-hybridized carbons (Fsp3) is 0.750. The number of amides is 1. The minimum Gasteiger partial charge on any atom is -0.480 e. The van der Waals surface area contributed by atoms with E-state index in [-0.39, 0.29) is 23.8 Å². The van der Waals surface area contributed by atoms with Crippen molar-refractivity contribution in [2.24, 2.45) is 11.3 Å². The summed E-state index contributed by atoms with van der Waals surface area (Å²) in [6, 6.07) is 3.62. The summed E-state index contributed by atoms with van der Waals surface area (Å²) in [6.45, 7) is 6.78. The number of aromatic nitrogens is 1. The van der Waals surface area contributed by atoms with Crippen LogP contribution in [0.3, 0.4) is 0 Å². The molecule has 2 aliphatic heterocycles. The van der Waals surface area contributed by atoms with Crippen LogP contribution >= 0.6 is 0 Å². The molecule has 1 saturated carbocycles. The van der Waals surface area contributed by atoms with Gasteiger partial charge in [0.05, 0.1) is 5.92 Å². The molecule has 1 aromatic heterocycles. The minimum atomic E-state index is -0.897. The number of carbonyl (C=O) groups excluding carboxylic acids is 1. The van der Waals surface area contributed by atoms with Crippen molar-refractivity contribution in [3.63, 3.8) is 0 Å². The second-order valence-electron chi connectivity index (χ2n) is 11.5. The van der Waals surface area contributed by atoms with Crippen LogP contribution in [0.4, 0.5) is 5.82 Å². The number of rotatable bonds is 11. The average molecular weight is 500 g/mol.